The van der Waals surface area contributed by atoms with Gasteiger partial charge in [0, 0.05) is 31.7 Å². The number of aromatic nitrogens is 4. The molecule has 0 bridgehead atoms. The third-order valence-electron chi connectivity index (χ3n) is 6.93. The van der Waals surface area contributed by atoms with E-state index in [1.165, 1.54) is 18.2 Å². The van der Waals surface area contributed by atoms with Gasteiger partial charge in [0.2, 0.25) is 17.8 Å². The zero-order valence-corrected chi connectivity index (χ0v) is 19.3. The van der Waals surface area contributed by atoms with Crippen molar-refractivity contribution in [2.24, 2.45) is 17.6 Å². The van der Waals surface area contributed by atoms with Crippen LogP contribution in [0.25, 0.3) is 11.2 Å². The number of benzene rings is 1. The van der Waals surface area contributed by atoms with Gasteiger partial charge in [-0.1, -0.05) is 6.07 Å². The number of amides is 1. The Morgan fingerprint density at radius 1 is 1.09 bits per heavy atom. The van der Waals surface area contributed by atoms with Crippen molar-refractivity contribution < 1.29 is 18.3 Å². The van der Waals surface area contributed by atoms with Crippen molar-refractivity contribution in [3.8, 4) is 0 Å². The van der Waals surface area contributed by atoms with Crippen molar-refractivity contribution in [3.05, 3.63) is 36.0 Å². The van der Waals surface area contributed by atoms with E-state index in [2.05, 4.69) is 20.6 Å². The van der Waals surface area contributed by atoms with Crippen LogP contribution in [0.3, 0.4) is 0 Å². The largest absolute Gasteiger partial charge is 0.381 e. The summed E-state index contributed by atoms with van der Waals surface area (Å²) in [6.45, 7) is 1.91. The summed E-state index contributed by atoms with van der Waals surface area (Å²) >= 11 is 0. The molecule has 3 heterocycles. The maximum absolute atomic E-state index is 14.4. The number of primary amides is 1. The highest BCUT2D eigenvalue weighted by molar-refractivity contribution is 5.77. The lowest BCUT2D eigenvalue weighted by Gasteiger charge is -2.27. The standard InChI is InChI=1S/C24H29F2N7O2/c25-17-2-1-3-18(26)20(17)31-24-30-19-12-28-23(29-16-8-10-35-11-9-16)32-22(19)33(24)13-14-4-6-15(7-5-14)21(27)34/h1-3,12,14-16H,4-11,13H2,(H2,27,34)(H,30,31)(H,28,29,32). The van der Waals surface area contributed by atoms with Crippen LogP contribution in [-0.4, -0.2) is 44.7 Å². The van der Waals surface area contributed by atoms with Crippen LogP contribution in [0.4, 0.5) is 26.4 Å². The van der Waals surface area contributed by atoms with Gasteiger partial charge in [0.25, 0.3) is 0 Å². The predicted molar refractivity (Wildman–Crippen MR) is 127 cm³/mol. The minimum Gasteiger partial charge on any atom is -0.381 e. The average Bonchev–Trinajstić information content (AvgIpc) is 3.19. The molecule has 1 aliphatic carbocycles. The number of anilines is 3. The molecule has 186 valence electrons. The molecular weight excluding hydrogens is 456 g/mol. The summed E-state index contributed by atoms with van der Waals surface area (Å²) in [5.74, 6) is -0.767. The molecule has 9 nitrogen and oxygen atoms in total. The molecule has 35 heavy (non-hydrogen) atoms. The molecule has 0 spiro atoms. The van der Waals surface area contributed by atoms with Gasteiger partial charge in [-0.15, -0.1) is 0 Å². The number of imidazole rings is 1. The average molecular weight is 486 g/mol. The van der Waals surface area contributed by atoms with E-state index in [0.29, 0.717) is 42.8 Å². The molecule has 1 amide bonds. The van der Waals surface area contributed by atoms with Gasteiger partial charge in [-0.2, -0.15) is 4.98 Å². The van der Waals surface area contributed by atoms with Gasteiger partial charge in [-0.05, 0) is 56.6 Å². The van der Waals surface area contributed by atoms with Gasteiger partial charge < -0.3 is 21.1 Å². The van der Waals surface area contributed by atoms with Crippen molar-refractivity contribution in [1.29, 1.82) is 0 Å². The van der Waals surface area contributed by atoms with Crippen LogP contribution < -0.4 is 16.4 Å². The summed E-state index contributed by atoms with van der Waals surface area (Å²) in [6, 6.07) is 3.92. The van der Waals surface area contributed by atoms with E-state index in [1.807, 2.05) is 4.57 Å². The van der Waals surface area contributed by atoms with E-state index < -0.39 is 11.6 Å². The van der Waals surface area contributed by atoms with E-state index in [-0.39, 0.29) is 29.5 Å². The van der Waals surface area contributed by atoms with Crippen LogP contribution in [0.5, 0.6) is 0 Å². The van der Waals surface area contributed by atoms with Gasteiger partial charge in [-0.25, -0.2) is 18.7 Å². The summed E-state index contributed by atoms with van der Waals surface area (Å²) in [5, 5.41) is 6.20. The molecule has 1 saturated heterocycles. The number of nitrogens with zero attached hydrogens (tertiary/aromatic N) is 4. The number of rotatable bonds is 7. The van der Waals surface area contributed by atoms with E-state index in [1.54, 1.807) is 6.20 Å². The fourth-order valence-electron chi connectivity index (χ4n) is 4.90. The molecular formula is C24H29F2N7O2. The summed E-state index contributed by atoms with van der Waals surface area (Å²) in [5.41, 5.74) is 6.32. The first-order valence-corrected chi connectivity index (χ1v) is 12.1. The Morgan fingerprint density at radius 3 is 2.49 bits per heavy atom. The first kappa shape index (κ1) is 23.4. The van der Waals surface area contributed by atoms with Crippen LogP contribution in [0.2, 0.25) is 0 Å². The highest BCUT2D eigenvalue weighted by Crippen LogP contribution is 2.33. The predicted octanol–water partition coefficient (Wildman–Crippen LogP) is 3.73. The molecule has 5 rings (SSSR count). The lowest BCUT2D eigenvalue weighted by molar-refractivity contribution is -0.123. The number of hydrogen-bond donors (Lipinski definition) is 3. The molecule has 0 radical (unpaired) electrons. The Kier molecular flexibility index (Phi) is 6.76. The lowest BCUT2D eigenvalue weighted by Crippen LogP contribution is -2.29. The Labute approximate surface area is 201 Å². The van der Waals surface area contributed by atoms with Crippen LogP contribution in [0.15, 0.2) is 24.4 Å². The fourth-order valence-corrected chi connectivity index (χ4v) is 4.90. The van der Waals surface area contributed by atoms with Gasteiger partial charge in [0.1, 0.15) is 22.8 Å². The van der Waals surface area contributed by atoms with Crippen LogP contribution >= 0.6 is 0 Å². The number of nitrogens with two attached hydrogens (primary N) is 1. The molecule has 3 aromatic rings. The molecule has 2 aromatic heterocycles. The molecule has 0 atom stereocenters. The number of ether oxygens (including phenoxy) is 1. The summed E-state index contributed by atoms with van der Waals surface area (Å²) in [6.07, 6.45) is 6.43. The lowest BCUT2D eigenvalue weighted by atomic mass is 9.81. The number of carbonyl (C=O) groups is 1. The number of carbonyl (C=O) groups excluding carboxylic acids is 1. The van der Waals surface area contributed by atoms with Crippen LogP contribution in [0, 0.1) is 23.5 Å². The highest BCUT2D eigenvalue weighted by Gasteiger charge is 2.27. The molecule has 1 aliphatic heterocycles. The normalized spacial score (nSPS) is 21.2. The van der Waals surface area contributed by atoms with Gasteiger partial charge >= 0.3 is 0 Å². The van der Waals surface area contributed by atoms with Crippen molar-refractivity contribution in [2.75, 3.05) is 23.8 Å². The Hall–Kier alpha value is -3.34. The zero-order chi connectivity index (χ0) is 24.4. The SMILES string of the molecule is NC(=O)C1CCC(Cn2c(Nc3c(F)cccc3F)nc3cnc(NC4CCOCC4)nc32)CC1. The Balaban J connectivity index is 1.46. The summed E-state index contributed by atoms with van der Waals surface area (Å²) < 4.78 is 36.1. The first-order chi connectivity index (χ1) is 17.0. The molecule has 2 fully saturated rings. The summed E-state index contributed by atoms with van der Waals surface area (Å²) in [7, 11) is 0. The molecule has 11 heteroatoms. The number of para-hydroxylation sites is 1. The second kappa shape index (κ2) is 10.1. The van der Waals surface area contributed by atoms with Crippen molar-refractivity contribution >= 4 is 34.7 Å². The highest BCUT2D eigenvalue weighted by atomic mass is 19.1. The third-order valence-corrected chi connectivity index (χ3v) is 6.93. The second-order valence-electron chi connectivity index (χ2n) is 9.32. The zero-order valence-electron chi connectivity index (χ0n) is 19.3. The summed E-state index contributed by atoms with van der Waals surface area (Å²) in [4.78, 5) is 25.3. The minimum atomic E-state index is -0.710. The maximum atomic E-state index is 14.4. The fraction of sp³-hybridized carbons (Fsp3) is 0.500. The number of nitrogens with one attached hydrogen (secondary N) is 2. The number of hydrogen-bond acceptors (Lipinski definition) is 7. The van der Waals surface area contributed by atoms with E-state index in [0.717, 1.165) is 38.5 Å². The third kappa shape index (κ3) is 5.19. The monoisotopic (exact) mass is 485 g/mol. The number of fused-ring (bicyclic) bond motifs is 1. The van der Waals surface area contributed by atoms with Crippen LogP contribution in [0.1, 0.15) is 38.5 Å². The Bertz CT molecular complexity index is 1180. The van der Waals surface area contributed by atoms with E-state index in [9.17, 15) is 13.6 Å². The van der Waals surface area contributed by atoms with Gasteiger partial charge in [-0.3, -0.25) is 9.36 Å². The second-order valence-corrected chi connectivity index (χ2v) is 9.32. The number of halogens is 2. The van der Waals surface area contributed by atoms with Crippen LogP contribution in [-0.2, 0) is 16.1 Å². The van der Waals surface area contributed by atoms with Crippen molar-refractivity contribution in [1.82, 2.24) is 19.5 Å². The van der Waals surface area contributed by atoms with E-state index in [4.69, 9.17) is 15.5 Å². The molecule has 2 aliphatic rings. The Morgan fingerprint density at radius 2 is 1.80 bits per heavy atom. The molecule has 4 N–H and O–H groups in total. The molecule has 0 unspecified atom stereocenters. The molecule has 1 aromatic carbocycles. The van der Waals surface area contributed by atoms with Crippen molar-refractivity contribution in [3.63, 3.8) is 0 Å². The smallest absolute Gasteiger partial charge is 0.224 e. The first-order valence-electron chi connectivity index (χ1n) is 12.1. The van der Waals surface area contributed by atoms with Gasteiger partial charge in [0.15, 0.2) is 5.65 Å². The minimum absolute atomic E-state index is 0.103. The molecule has 1 saturated carbocycles. The van der Waals surface area contributed by atoms with E-state index >= 15 is 0 Å². The maximum Gasteiger partial charge on any atom is 0.224 e. The van der Waals surface area contributed by atoms with Gasteiger partial charge in [0.05, 0.1) is 6.20 Å². The van der Waals surface area contributed by atoms with Crippen molar-refractivity contribution in [2.45, 2.75) is 51.1 Å². The quantitative estimate of drug-likeness (QED) is 0.466. The topological polar surface area (TPSA) is 120 Å².